The van der Waals surface area contributed by atoms with Gasteiger partial charge in [-0.25, -0.2) is 8.78 Å². The van der Waals surface area contributed by atoms with Crippen molar-refractivity contribution in [3.05, 3.63) is 24.2 Å². The second-order valence-corrected chi connectivity index (χ2v) is 11.1. The number of hydrogen-bond donors (Lipinski definition) is 1. The molecule has 1 N–H and O–H groups in total. The second-order valence-electron chi connectivity index (χ2n) is 9.63. The summed E-state index contributed by atoms with van der Waals surface area (Å²) >= 11 is 1.44. The first-order valence-corrected chi connectivity index (χ1v) is 11.8. The van der Waals surface area contributed by atoms with Gasteiger partial charge in [0.1, 0.15) is 6.26 Å². The van der Waals surface area contributed by atoms with E-state index < -0.39 is 16.6 Å². The fourth-order valence-electron chi connectivity index (χ4n) is 5.66. The number of fused-ring (bicyclic) bond motifs is 2. The van der Waals surface area contributed by atoms with Crippen molar-refractivity contribution in [2.75, 3.05) is 13.1 Å². The molecule has 6 nitrogen and oxygen atoms in total. The van der Waals surface area contributed by atoms with Crippen LogP contribution in [0.5, 0.6) is 0 Å². The third-order valence-corrected chi connectivity index (χ3v) is 8.65. The maximum Gasteiger partial charge on any atom is 0.257 e. The number of nitrogens with zero attached hydrogens (tertiary/aromatic N) is 2. The maximum absolute atomic E-state index is 13.8. The Labute approximate surface area is 184 Å². The number of furan rings is 1. The van der Waals surface area contributed by atoms with Crippen LogP contribution in [0.15, 0.2) is 28.0 Å². The summed E-state index contributed by atoms with van der Waals surface area (Å²) in [6, 6.07) is 1.57. The van der Waals surface area contributed by atoms with Gasteiger partial charge >= 0.3 is 0 Å². The highest BCUT2D eigenvalue weighted by atomic mass is 32.2. The molecule has 0 spiro atoms. The molecule has 1 aromatic heterocycles. The fourth-order valence-corrected chi connectivity index (χ4v) is 6.88. The lowest BCUT2D eigenvalue weighted by Crippen LogP contribution is -2.41. The Morgan fingerprint density at radius 2 is 2.13 bits per heavy atom. The van der Waals surface area contributed by atoms with Crippen LogP contribution in [0.2, 0.25) is 0 Å². The standard InChI is InChI=1S/C22H27F2N3O3S/c1-21(10-13-2-5-27(6-3-13)18(28)14-4-7-30-12-14)19(29)26-20(31-21)25-17-9-16-8-15(17)11-22(16,23)24/h4,7,12-13,15-17H,2-3,5-6,8-11H2,1H3,(H,25,26,29)/t15-,16-,17+,21?/m1/s1. The van der Waals surface area contributed by atoms with Crippen LogP contribution in [-0.2, 0) is 4.79 Å². The van der Waals surface area contributed by atoms with E-state index in [-0.39, 0.29) is 30.2 Å². The molecule has 2 bridgehead atoms. The number of amidine groups is 1. The Morgan fingerprint density at radius 3 is 2.74 bits per heavy atom. The number of aliphatic imine (C=N–C) groups is 1. The van der Waals surface area contributed by atoms with Crippen molar-refractivity contribution in [1.82, 2.24) is 10.2 Å². The number of carbonyl (C=O) groups is 2. The number of alkyl halides is 2. The van der Waals surface area contributed by atoms with Crippen LogP contribution in [0.25, 0.3) is 0 Å². The molecule has 1 unspecified atom stereocenters. The van der Waals surface area contributed by atoms with Crippen molar-refractivity contribution in [2.45, 2.75) is 62.2 Å². The summed E-state index contributed by atoms with van der Waals surface area (Å²) in [6.45, 7) is 3.27. The average molecular weight is 452 g/mol. The number of likely N-dealkylation sites (tertiary alicyclic amines) is 1. The number of carbonyl (C=O) groups excluding carboxylic acids is 2. The van der Waals surface area contributed by atoms with Gasteiger partial charge in [0.25, 0.3) is 11.8 Å². The van der Waals surface area contributed by atoms with E-state index in [2.05, 4.69) is 10.3 Å². The molecule has 1 aromatic rings. The van der Waals surface area contributed by atoms with Crippen molar-refractivity contribution in [1.29, 1.82) is 0 Å². The number of piperidine rings is 1. The third kappa shape index (κ3) is 3.90. The third-order valence-electron chi connectivity index (χ3n) is 7.44. The maximum atomic E-state index is 13.8. The molecule has 0 radical (unpaired) electrons. The van der Waals surface area contributed by atoms with Crippen LogP contribution in [-0.4, -0.2) is 51.7 Å². The summed E-state index contributed by atoms with van der Waals surface area (Å²) in [5, 5.41) is 3.48. The molecular weight excluding hydrogens is 424 g/mol. The number of halogens is 2. The van der Waals surface area contributed by atoms with E-state index in [1.54, 1.807) is 6.07 Å². The molecule has 2 saturated heterocycles. The zero-order valence-electron chi connectivity index (χ0n) is 17.5. The Hall–Kier alpha value is -1.90. The summed E-state index contributed by atoms with van der Waals surface area (Å²) in [7, 11) is 0. The van der Waals surface area contributed by atoms with Gasteiger partial charge < -0.3 is 14.6 Å². The van der Waals surface area contributed by atoms with Crippen molar-refractivity contribution < 1.29 is 22.8 Å². The summed E-state index contributed by atoms with van der Waals surface area (Å²) in [5.41, 5.74) is 0.565. The molecule has 9 heteroatoms. The van der Waals surface area contributed by atoms with Gasteiger partial charge in [-0.15, -0.1) is 0 Å². The van der Waals surface area contributed by atoms with Crippen molar-refractivity contribution in [2.24, 2.45) is 22.7 Å². The van der Waals surface area contributed by atoms with E-state index in [1.807, 2.05) is 11.8 Å². The van der Waals surface area contributed by atoms with Gasteiger partial charge in [0.05, 0.1) is 22.6 Å². The molecule has 168 valence electrons. The first kappa shape index (κ1) is 21.0. The molecule has 5 rings (SSSR count). The van der Waals surface area contributed by atoms with E-state index in [9.17, 15) is 18.4 Å². The summed E-state index contributed by atoms with van der Waals surface area (Å²) in [6.07, 6.45) is 6.25. The highest BCUT2D eigenvalue weighted by Gasteiger charge is 2.57. The monoisotopic (exact) mass is 451 g/mol. The Balaban J connectivity index is 1.16. The van der Waals surface area contributed by atoms with Crippen molar-refractivity contribution in [3.63, 3.8) is 0 Å². The number of hydrogen-bond acceptors (Lipinski definition) is 5. The Bertz CT molecular complexity index is 898. The van der Waals surface area contributed by atoms with E-state index in [1.165, 1.54) is 24.3 Å². The van der Waals surface area contributed by atoms with Gasteiger partial charge in [-0.1, -0.05) is 11.8 Å². The first-order valence-electron chi connectivity index (χ1n) is 11.0. The zero-order chi connectivity index (χ0) is 21.8. The zero-order valence-corrected chi connectivity index (χ0v) is 18.3. The Morgan fingerprint density at radius 1 is 1.35 bits per heavy atom. The van der Waals surface area contributed by atoms with Gasteiger partial charge in [0.2, 0.25) is 5.91 Å². The number of amides is 2. The van der Waals surface area contributed by atoms with E-state index in [0.717, 1.165) is 12.8 Å². The van der Waals surface area contributed by atoms with Crippen molar-refractivity contribution in [3.8, 4) is 0 Å². The molecule has 4 aliphatic rings. The van der Waals surface area contributed by atoms with Crippen LogP contribution in [0.4, 0.5) is 8.78 Å². The topological polar surface area (TPSA) is 74.9 Å². The highest BCUT2D eigenvalue weighted by molar-refractivity contribution is 8.16. The SMILES string of the molecule is CC1(CC2CCN(C(=O)c3ccoc3)CC2)SC(=N[C@H]2C[C@H]3C[C@@H]2CC3(F)F)NC1=O. The van der Waals surface area contributed by atoms with Crippen molar-refractivity contribution >= 4 is 28.7 Å². The molecule has 0 aromatic carbocycles. The first-order chi connectivity index (χ1) is 14.7. The molecule has 31 heavy (non-hydrogen) atoms. The van der Waals surface area contributed by atoms with Gasteiger partial charge in [0.15, 0.2) is 5.17 Å². The minimum atomic E-state index is -2.55. The molecule has 2 aliphatic carbocycles. The van der Waals surface area contributed by atoms with Gasteiger partial charge in [-0.3, -0.25) is 14.6 Å². The molecule has 2 aliphatic heterocycles. The van der Waals surface area contributed by atoms with Crippen LogP contribution in [0.1, 0.15) is 55.8 Å². The fraction of sp³-hybridized carbons (Fsp3) is 0.682. The van der Waals surface area contributed by atoms with Crippen LogP contribution in [0, 0.1) is 17.8 Å². The lowest BCUT2D eigenvalue weighted by atomic mass is 9.87. The van der Waals surface area contributed by atoms with Gasteiger partial charge in [-0.2, -0.15) is 0 Å². The molecular formula is C22H27F2N3O3S. The predicted octanol–water partition coefficient (Wildman–Crippen LogP) is 3.93. The number of nitrogens with one attached hydrogen (secondary N) is 1. The molecule has 4 atom stereocenters. The minimum absolute atomic E-state index is 0.0164. The van der Waals surface area contributed by atoms with Crippen LogP contribution >= 0.6 is 11.8 Å². The molecule has 3 heterocycles. The number of thioether (sulfide) groups is 1. The van der Waals surface area contributed by atoms with E-state index >= 15 is 0 Å². The summed E-state index contributed by atoms with van der Waals surface area (Å²) in [4.78, 5) is 31.7. The number of rotatable bonds is 4. The molecule has 2 amide bonds. The average Bonchev–Trinajstić information content (AvgIpc) is 3.47. The van der Waals surface area contributed by atoms with Crippen LogP contribution < -0.4 is 5.32 Å². The quantitative estimate of drug-likeness (QED) is 0.753. The Kier molecular flexibility index (Phi) is 5.14. The van der Waals surface area contributed by atoms with E-state index in [4.69, 9.17) is 4.42 Å². The lowest BCUT2D eigenvalue weighted by molar-refractivity contribution is -0.121. The second kappa shape index (κ2) is 7.60. The normalized spacial score (nSPS) is 36.4. The van der Waals surface area contributed by atoms with E-state index in [0.29, 0.717) is 49.0 Å². The predicted molar refractivity (Wildman–Crippen MR) is 113 cm³/mol. The lowest BCUT2D eigenvalue weighted by Gasteiger charge is -2.34. The summed E-state index contributed by atoms with van der Waals surface area (Å²) < 4.78 is 31.9. The molecule has 4 fully saturated rings. The minimum Gasteiger partial charge on any atom is -0.472 e. The highest BCUT2D eigenvalue weighted by Crippen LogP contribution is 2.55. The van der Waals surface area contributed by atoms with Crippen LogP contribution in [0.3, 0.4) is 0 Å². The van der Waals surface area contributed by atoms with Gasteiger partial charge in [-0.05, 0) is 56.9 Å². The molecule has 2 saturated carbocycles. The van der Waals surface area contributed by atoms with Gasteiger partial charge in [0, 0.05) is 25.4 Å². The largest absolute Gasteiger partial charge is 0.472 e. The summed E-state index contributed by atoms with van der Waals surface area (Å²) in [5.74, 6) is -2.91. The smallest absolute Gasteiger partial charge is 0.257 e.